The number of piperidine rings is 1. The van der Waals surface area contributed by atoms with Crippen molar-refractivity contribution in [3.8, 4) is 0 Å². The van der Waals surface area contributed by atoms with Crippen LogP contribution in [-0.2, 0) is 4.79 Å². The van der Waals surface area contributed by atoms with Crippen molar-refractivity contribution in [3.05, 3.63) is 0 Å². The van der Waals surface area contributed by atoms with E-state index in [4.69, 9.17) is 0 Å². The summed E-state index contributed by atoms with van der Waals surface area (Å²) in [6.07, 6.45) is 3.66. The highest BCUT2D eigenvalue weighted by Crippen LogP contribution is 2.18. The first-order valence-corrected chi connectivity index (χ1v) is 6.14. The van der Waals surface area contributed by atoms with Crippen LogP contribution in [0, 0.1) is 5.92 Å². The quantitative estimate of drug-likeness (QED) is 0.768. The van der Waals surface area contributed by atoms with Crippen molar-refractivity contribution in [1.29, 1.82) is 0 Å². The largest absolute Gasteiger partial charge is 0.341 e. The van der Waals surface area contributed by atoms with Crippen molar-refractivity contribution in [3.63, 3.8) is 0 Å². The van der Waals surface area contributed by atoms with E-state index < -0.39 is 0 Å². The fraction of sp³-hybridized carbons (Fsp3) is 0.917. The minimum atomic E-state index is 0.266. The first kappa shape index (κ1) is 12.5. The molecule has 0 aromatic heterocycles. The summed E-state index contributed by atoms with van der Waals surface area (Å²) in [7, 11) is 0. The lowest BCUT2D eigenvalue weighted by atomic mass is 9.96. The maximum absolute atomic E-state index is 11.8. The van der Waals surface area contributed by atoms with Gasteiger partial charge in [-0.2, -0.15) is 0 Å². The second kappa shape index (κ2) is 6.11. The highest BCUT2D eigenvalue weighted by atomic mass is 16.2. The van der Waals surface area contributed by atoms with Crippen molar-refractivity contribution in [1.82, 2.24) is 10.2 Å². The second-order valence-corrected chi connectivity index (χ2v) is 4.79. The summed E-state index contributed by atoms with van der Waals surface area (Å²) in [5.41, 5.74) is 0. The smallest absolute Gasteiger partial charge is 0.236 e. The monoisotopic (exact) mass is 212 g/mol. The maximum atomic E-state index is 11.8. The summed E-state index contributed by atoms with van der Waals surface area (Å²) in [6.45, 7) is 8.76. The number of carbonyl (C=O) groups excluding carboxylic acids is 1. The van der Waals surface area contributed by atoms with Gasteiger partial charge in [0, 0.05) is 19.1 Å². The molecule has 0 aliphatic carbocycles. The summed E-state index contributed by atoms with van der Waals surface area (Å²) in [6, 6.07) is 0.390. The van der Waals surface area contributed by atoms with Crippen LogP contribution in [0.2, 0.25) is 0 Å². The van der Waals surface area contributed by atoms with Gasteiger partial charge in [0.15, 0.2) is 0 Å². The number of amides is 1. The second-order valence-electron chi connectivity index (χ2n) is 4.79. The molecule has 1 saturated heterocycles. The SMILES string of the molecule is CCC1CCCN(C(=O)CNC(C)C)C1. The van der Waals surface area contributed by atoms with Gasteiger partial charge in [0.25, 0.3) is 0 Å². The van der Waals surface area contributed by atoms with Crippen molar-refractivity contribution < 1.29 is 4.79 Å². The van der Waals surface area contributed by atoms with E-state index in [0.29, 0.717) is 12.6 Å². The van der Waals surface area contributed by atoms with Crippen molar-refractivity contribution in [2.24, 2.45) is 5.92 Å². The molecule has 0 aromatic carbocycles. The normalized spacial score (nSPS) is 22.1. The third-order valence-corrected chi connectivity index (χ3v) is 3.11. The predicted molar refractivity (Wildman–Crippen MR) is 62.7 cm³/mol. The molecule has 3 heteroatoms. The average Bonchev–Trinajstić information content (AvgIpc) is 2.26. The van der Waals surface area contributed by atoms with E-state index in [-0.39, 0.29) is 5.91 Å². The van der Waals surface area contributed by atoms with Gasteiger partial charge in [0.2, 0.25) is 5.91 Å². The number of hydrogen-bond acceptors (Lipinski definition) is 2. The van der Waals surface area contributed by atoms with Crippen LogP contribution in [0.5, 0.6) is 0 Å². The molecule has 0 bridgehead atoms. The molecule has 0 aromatic rings. The molecule has 0 saturated carbocycles. The Labute approximate surface area is 93.2 Å². The first-order chi connectivity index (χ1) is 7.13. The predicted octanol–water partition coefficient (Wildman–Crippen LogP) is 1.63. The van der Waals surface area contributed by atoms with Gasteiger partial charge in [-0.1, -0.05) is 27.2 Å². The summed E-state index contributed by atoms with van der Waals surface area (Å²) in [4.78, 5) is 13.8. The molecule has 1 atom stereocenters. The zero-order valence-corrected chi connectivity index (χ0v) is 10.3. The standard InChI is InChI=1S/C12H24N2O/c1-4-11-6-5-7-14(9-11)12(15)8-13-10(2)3/h10-11,13H,4-9H2,1-3H3. The van der Waals surface area contributed by atoms with E-state index in [1.165, 1.54) is 19.3 Å². The van der Waals surface area contributed by atoms with Gasteiger partial charge in [0.05, 0.1) is 6.54 Å². The van der Waals surface area contributed by atoms with E-state index in [1.807, 2.05) is 4.90 Å². The Morgan fingerprint density at radius 1 is 1.53 bits per heavy atom. The summed E-state index contributed by atoms with van der Waals surface area (Å²) in [5.74, 6) is 0.989. The molecule has 3 nitrogen and oxygen atoms in total. The lowest BCUT2D eigenvalue weighted by molar-refractivity contribution is -0.132. The number of likely N-dealkylation sites (tertiary alicyclic amines) is 1. The zero-order chi connectivity index (χ0) is 11.3. The van der Waals surface area contributed by atoms with Crippen LogP contribution in [0.4, 0.5) is 0 Å². The highest BCUT2D eigenvalue weighted by molar-refractivity contribution is 5.78. The number of rotatable bonds is 4. The van der Waals surface area contributed by atoms with Crippen molar-refractivity contribution in [2.75, 3.05) is 19.6 Å². The van der Waals surface area contributed by atoms with E-state index in [0.717, 1.165) is 19.0 Å². The van der Waals surface area contributed by atoms with E-state index in [2.05, 4.69) is 26.1 Å². The minimum Gasteiger partial charge on any atom is -0.341 e. The summed E-state index contributed by atoms with van der Waals surface area (Å²) >= 11 is 0. The van der Waals surface area contributed by atoms with Gasteiger partial charge in [-0.05, 0) is 18.8 Å². The van der Waals surface area contributed by atoms with E-state index >= 15 is 0 Å². The number of hydrogen-bond donors (Lipinski definition) is 1. The minimum absolute atomic E-state index is 0.266. The highest BCUT2D eigenvalue weighted by Gasteiger charge is 2.21. The Hall–Kier alpha value is -0.570. The molecule has 1 N–H and O–H groups in total. The van der Waals surface area contributed by atoms with Crippen molar-refractivity contribution >= 4 is 5.91 Å². The summed E-state index contributed by atoms with van der Waals surface area (Å²) < 4.78 is 0. The Balaban J connectivity index is 2.32. The number of nitrogens with zero attached hydrogens (tertiary/aromatic N) is 1. The Morgan fingerprint density at radius 3 is 2.87 bits per heavy atom. The molecular weight excluding hydrogens is 188 g/mol. The first-order valence-electron chi connectivity index (χ1n) is 6.14. The maximum Gasteiger partial charge on any atom is 0.236 e. The van der Waals surface area contributed by atoms with Crippen LogP contribution >= 0.6 is 0 Å². The van der Waals surface area contributed by atoms with Gasteiger partial charge in [-0.15, -0.1) is 0 Å². The Bertz CT molecular complexity index is 204. The molecule has 1 fully saturated rings. The fourth-order valence-electron chi connectivity index (χ4n) is 2.03. The van der Waals surface area contributed by atoms with Crippen LogP contribution in [0.3, 0.4) is 0 Å². The lowest BCUT2D eigenvalue weighted by Crippen LogP contribution is -2.45. The van der Waals surface area contributed by atoms with Crippen LogP contribution in [0.15, 0.2) is 0 Å². The molecule has 1 aliphatic rings. The van der Waals surface area contributed by atoms with Gasteiger partial charge < -0.3 is 10.2 Å². The lowest BCUT2D eigenvalue weighted by Gasteiger charge is -2.32. The van der Waals surface area contributed by atoms with E-state index in [1.54, 1.807) is 0 Å². The molecule has 1 rings (SSSR count). The molecule has 88 valence electrons. The molecule has 0 spiro atoms. The Kier molecular flexibility index (Phi) is 5.09. The van der Waals surface area contributed by atoms with Gasteiger partial charge in [0.1, 0.15) is 0 Å². The van der Waals surface area contributed by atoms with Gasteiger partial charge in [-0.3, -0.25) is 4.79 Å². The van der Waals surface area contributed by atoms with E-state index in [9.17, 15) is 4.79 Å². The topological polar surface area (TPSA) is 32.3 Å². The van der Waals surface area contributed by atoms with Crippen LogP contribution in [0.1, 0.15) is 40.0 Å². The molecule has 15 heavy (non-hydrogen) atoms. The molecule has 0 radical (unpaired) electrons. The van der Waals surface area contributed by atoms with Crippen LogP contribution in [0.25, 0.3) is 0 Å². The fourth-order valence-corrected chi connectivity index (χ4v) is 2.03. The molecular formula is C12H24N2O. The van der Waals surface area contributed by atoms with Gasteiger partial charge >= 0.3 is 0 Å². The molecule has 1 amide bonds. The zero-order valence-electron chi connectivity index (χ0n) is 10.3. The van der Waals surface area contributed by atoms with Crippen molar-refractivity contribution in [2.45, 2.75) is 46.1 Å². The third kappa shape index (κ3) is 4.20. The number of carbonyl (C=O) groups is 1. The number of nitrogens with one attached hydrogen (secondary N) is 1. The Morgan fingerprint density at radius 2 is 2.27 bits per heavy atom. The van der Waals surface area contributed by atoms with Crippen LogP contribution < -0.4 is 5.32 Å². The molecule has 1 unspecified atom stereocenters. The molecule has 1 aliphatic heterocycles. The molecule has 1 heterocycles. The van der Waals surface area contributed by atoms with Crippen LogP contribution in [-0.4, -0.2) is 36.5 Å². The van der Waals surface area contributed by atoms with Gasteiger partial charge in [-0.25, -0.2) is 0 Å². The third-order valence-electron chi connectivity index (χ3n) is 3.11. The summed E-state index contributed by atoms with van der Waals surface area (Å²) in [5, 5.41) is 3.18. The average molecular weight is 212 g/mol.